The maximum atomic E-state index is 11.2. The molecule has 0 saturated carbocycles. The number of hydrogen-bond donors (Lipinski definition) is 2. The molecule has 2 N–H and O–H groups in total. The van der Waals surface area contributed by atoms with Crippen molar-refractivity contribution in [2.24, 2.45) is 0 Å². The van der Waals surface area contributed by atoms with Gasteiger partial charge in [0.2, 0.25) is 0 Å². The number of hydrogen-bond acceptors (Lipinski definition) is 12. The highest BCUT2D eigenvalue weighted by molar-refractivity contribution is 4.99. The van der Waals surface area contributed by atoms with Crippen LogP contribution in [0.15, 0.2) is 0 Å². The van der Waals surface area contributed by atoms with Crippen LogP contribution in [0.4, 0.5) is 0 Å². The van der Waals surface area contributed by atoms with Crippen LogP contribution in [0, 0.1) is 0 Å². The van der Waals surface area contributed by atoms with E-state index in [0.717, 1.165) is 0 Å². The van der Waals surface area contributed by atoms with Crippen molar-refractivity contribution in [3.63, 3.8) is 0 Å². The number of rotatable bonds is 8. The van der Waals surface area contributed by atoms with Crippen molar-refractivity contribution in [3.05, 3.63) is 0 Å². The first-order chi connectivity index (χ1) is 16.3. The molecule has 0 unspecified atom stereocenters. The van der Waals surface area contributed by atoms with Crippen molar-refractivity contribution in [1.29, 1.82) is 0 Å². The molecule has 4 rings (SSSR count). The van der Waals surface area contributed by atoms with Crippen LogP contribution in [0.3, 0.4) is 0 Å². The van der Waals surface area contributed by atoms with Crippen LogP contribution in [0.25, 0.3) is 0 Å². The van der Waals surface area contributed by atoms with E-state index in [1.54, 1.807) is 41.5 Å². The molecule has 0 bridgehead atoms. The fourth-order valence-electron chi connectivity index (χ4n) is 5.17. The quantitative estimate of drug-likeness (QED) is 0.436. The van der Waals surface area contributed by atoms with Crippen LogP contribution in [-0.4, -0.2) is 116 Å². The summed E-state index contributed by atoms with van der Waals surface area (Å²) in [5, 5.41) is 21.1. The minimum absolute atomic E-state index is 0.209. The Labute approximate surface area is 205 Å². The molecule has 4 aliphatic rings. The van der Waals surface area contributed by atoms with Gasteiger partial charge in [0.25, 0.3) is 0 Å². The highest BCUT2D eigenvalue weighted by Gasteiger charge is 2.58. The number of aliphatic hydroxyl groups excluding tert-OH is 2. The highest BCUT2D eigenvalue weighted by Crippen LogP contribution is 2.41. The lowest BCUT2D eigenvalue weighted by Gasteiger charge is -2.42. The monoisotopic (exact) mass is 508 g/mol. The Morgan fingerprint density at radius 2 is 1.43 bits per heavy atom. The minimum atomic E-state index is -1.21. The summed E-state index contributed by atoms with van der Waals surface area (Å²) in [6, 6.07) is 0. The van der Waals surface area contributed by atoms with Gasteiger partial charge in [-0.15, -0.1) is 0 Å². The molecular weight excluding hydrogens is 468 g/mol. The third-order valence-corrected chi connectivity index (χ3v) is 6.54. The SMILES string of the molecule is COC(OC)[C@@H]1OC(C)(C)O[C@H]1[C@H](O[C@@H]1O[C@H](CO)[C@@H]2OC(C)(C)O[C@@H]2[C@@H]1O)[C@H]1COC(C)(C)O1. The summed E-state index contributed by atoms with van der Waals surface area (Å²) < 4.78 is 59.4. The molecule has 12 nitrogen and oxygen atoms in total. The first-order valence-electron chi connectivity index (χ1n) is 12.0. The molecule has 0 aromatic rings. The van der Waals surface area contributed by atoms with Crippen molar-refractivity contribution in [2.75, 3.05) is 27.4 Å². The molecule has 0 aliphatic carbocycles. The van der Waals surface area contributed by atoms with Crippen molar-refractivity contribution < 1.29 is 57.6 Å². The summed E-state index contributed by atoms with van der Waals surface area (Å²) in [6.07, 6.45) is -8.20. The molecule has 4 aliphatic heterocycles. The number of ether oxygens (including phenoxy) is 10. The summed E-state index contributed by atoms with van der Waals surface area (Å²) in [4.78, 5) is 0. The van der Waals surface area contributed by atoms with Crippen molar-refractivity contribution in [1.82, 2.24) is 0 Å². The topological polar surface area (TPSA) is 133 Å². The Hall–Kier alpha value is -0.480. The van der Waals surface area contributed by atoms with E-state index in [1.807, 2.05) is 0 Å². The molecule has 0 aromatic carbocycles. The predicted molar refractivity (Wildman–Crippen MR) is 117 cm³/mol. The standard InChI is InChI=1S/C23H40O12/c1-21(2)28-10-12(31-21)14(17-18(20(26-7)27-8)35-23(5,6)34-17)30-19-13(25)16-15(11(9-24)29-19)32-22(3,4)33-16/h11-20,24-25H,9-10H2,1-8H3/t11-,12-,13+,14-,15+,16-,17+,18-,19+/m1/s1. The predicted octanol–water partition coefficient (Wildman–Crippen LogP) is 0.260. The van der Waals surface area contributed by atoms with Crippen molar-refractivity contribution in [2.45, 2.75) is 120 Å². The van der Waals surface area contributed by atoms with E-state index in [9.17, 15) is 10.2 Å². The van der Waals surface area contributed by atoms with E-state index in [-0.39, 0.29) is 13.2 Å². The van der Waals surface area contributed by atoms with Crippen molar-refractivity contribution in [3.8, 4) is 0 Å². The second-order valence-corrected chi connectivity index (χ2v) is 10.7. The summed E-state index contributed by atoms with van der Waals surface area (Å²) in [7, 11) is 3.01. The van der Waals surface area contributed by atoms with Gasteiger partial charge in [0, 0.05) is 14.2 Å². The Kier molecular flexibility index (Phi) is 7.88. The largest absolute Gasteiger partial charge is 0.394 e. The molecule has 12 heteroatoms. The van der Waals surface area contributed by atoms with E-state index in [0.29, 0.717) is 0 Å². The number of methoxy groups -OCH3 is 2. The first kappa shape index (κ1) is 27.6. The summed E-state index contributed by atoms with van der Waals surface area (Å²) in [5.74, 6) is -2.77. The second-order valence-electron chi connectivity index (χ2n) is 10.7. The smallest absolute Gasteiger partial charge is 0.187 e. The summed E-state index contributed by atoms with van der Waals surface area (Å²) in [5.41, 5.74) is 0. The zero-order valence-electron chi connectivity index (χ0n) is 21.7. The van der Waals surface area contributed by atoms with Crippen LogP contribution >= 0.6 is 0 Å². The number of fused-ring (bicyclic) bond motifs is 1. The van der Waals surface area contributed by atoms with E-state index >= 15 is 0 Å². The highest BCUT2D eigenvalue weighted by atomic mass is 16.8. The van der Waals surface area contributed by atoms with Gasteiger partial charge in [-0.25, -0.2) is 0 Å². The Bertz CT molecular complexity index is 725. The second kappa shape index (κ2) is 10.0. The van der Waals surface area contributed by atoms with Gasteiger partial charge in [0.05, 0.1) is 13.2 Å². The van der Waals surface area contributed by atoms with E-state index in [4.69, 9.17) is 47.4 Å². The van der Waals surface area contributed by atoms with Crippen LogP contribution in [-0.2, 0) is 47.4 Å². The van der Waals surface area contributed by atoms with Gasteiger partial charge >= 0.3 is 0 Å². The molecule has 4 heterocycles. The Morgan fingerprint density at radius 1 is 0.829 bits per heavy atom. The molecule has 4 saturated heterocycles. The fraction of sp³-hybridized carbons (Fsp3) is 1.00. The molecule has 0 amide bonds. The third kappa shape index (κ3) is 5.69. The molecule has 0 spiro atoms. The van der Waals surface area contributed by atoms with Gasteiger partial charge in [0.15, 0.2) is 29.9 Å². The van der Waals surface area contributed by atoms with Crippen molar-refractivity contribution >= 4 is 0 Å². The van der Waals surface area contributed by atoms with Gasteiger partial charge in [-0.05, 0) is 41.5 Å². The lowest BCUT2D eigenvalue weighted by molar-refractivity contribution is -0.315. The lowest BCUT2D eigenvalue weighted by Crippen LogP contribution is -2.61. The van der Waals surface area contributed by atoms with Gasteiger partial charge in [-0.1, -0.05) is 0 Å². The maximum absolute atomic E-state index is 11.2. The Balaban J connectivity index is 1.62. The average molecular weight is 509 g/mol. The molecule has 4 fully saturated rings. The zero-order chi connectivity index (χ0) is 25.8. The molecule has 0 radical (unpaired) electrons. The molecule has 0 aromatic heterocycles. The van der Waals surface area contributed by atoms with Crippen LogP contribution in [0.2, 0.25) is 0 Å². The average Bonchev–Trinajstić information content (AvgIpc) is 3.40. The lowest BCUT2D eigenvalue weighted by atomic mass is 9.98. The summed E-state index contributed by atoms with van der Waals surface area (Å²) in [6.45, 7) is 10.5. The van der Waals surface area contributed by atoms with Crippen LogP contribution in [0.5, 0.6) is 0 Å². The Morgan fingerprint density at radius 3 is 2.00 bits per heavy atom. The van der Waals surface area contributed by atoms with Gasteiger partial charge < -0.3 is 57.6 Å². The van der Waals surface area contributed by atoms with Crippen LogP contribution in [0.1, 0.15) is 41.5 Å². The van der Waals surface area contributed by atoms with Gasteiger partial charge in [-0.2, -0.15) is 0 Å². The summed E-state index contributed by atoms with van der Waals surface area (Å²) >= 11 is 0. The molecular formula is C23H40O12. The van der Waals surface area contributed by atoms with Gasteiger partial charge in [0.1, 0.15) is 48.8 Å². The first-order valence-corrected chi connectivity index (χ1v) is 12.0. The minimum Gasteiger partial charge on any atom is -0.394 e. The van der Waals surface area contributed by atoms with E-state index in [1.165, 1.54) is 14.2 Å². The van der Waals surface area contributed by atoms with Gasteiger partial charge in [-0.3, -0.25) is 0 Å². The van der Waals surface area contributed by atoms with E-state index in [2.05, 4.69) is 0 Å². The maximum Gasteiger partial charge on any atom is 0.187 e. The normalized spacial score (nSPS) is 42.9. The molecule has 35 heavy (non-hydrogen) atoms. The molecule has 204 valence electrons. The molecule has 9 atom stereocenters. The van der Waals surface area contributed by atoms with E-state index < -0.39 is 78.8 Å². The zero-order valence-corrected chi connectivity index (χ0v) is 21.7. The van der Waals surface area contributed by atoms with Crippen LogP contribution < -0.4 is 0 Å². The fourth-order valence-corrected chi connectivity index (χ4v) is 5.17. The number of aliphatic hydroxyl groups is 2. The third-order valence-electron chi connectivity index (χ3n) is 6.54.